The van der Waals surface area contributed by atoms with Gasteiger partial charge in [-0.05, 0) is 55.6 Å². The van der Waals surface area contributed by atoms with Crippen molar-refractivity contribution in [2.75, 3.05) is 0 Å². The molecule has 2 heteroatoms. The SMILES string of the molecule is CCc1sc(C(CC)CC)cc1C(Cl)C1CCCCC1. The van der Waals surface area contributed by atoms with Crippen LogP contribution >= 0.6 is 22.9 Å². The fourth-order valence-electron chi connectivity index (χ4n) is 3.55. The van der Waals surface area contributed by atoms with Gasteiger partial charge in [-0.1, -0.05) is 40.0 Å². The maximum atomic E-state index is 6.88. The van der Waals surface area contributed by atoms with Crippen LogP contribution in [0.5, 0.6) is 0 Å². The van der Waals surface area contributed by atoms with E-state index in [1.54, 1.807) is 4.88 Å². The summed E-state index contributed by atoms with van der Waals surface area (Å²) in [7, 11) is 0. The predicted molar refractivity (Wildman–Crippen MR) is 92.2 cm³/mol. The van der Waals surface area contributed by atoms with Crippen molar-refractivity contribution in [1.82, 2.24) is 0 Å². The van der Waals surface area contributed by atoms with E-state index >= 15 is 0 Å². The molecule has 1 unspecified atom stereocenters. The molecule has 0 aromatic carbocycles. The molecule has 1 saturated carbocycles. The van der Waals surface area contributed by atoms with Crippen molar-refractivity contribution in [2.24, 2.45) is 5.92 Å². The average Bonchev–Trinajstić information content (AvgIpc) is 2.93. The molecule has 2 rings (SSSR count). The second kappa shape index (κ2) is 7.84. The van der Waals surface area contributed by atoms with Crippen LogP contribution in [0.25, 0.3) is 0 Å². The third-order valence-corrected chi connectivity index (χ3v) is 6.98. The Labute approximate surface area is 133 Å². The first kappa shape index (κ1) is 16.4. The van der Waals surface area contributed by atoms with Crippen LogP contribution in [-0.2, 0) is 6.42 Å². The van der Waals surface area contributed by atoms with E-state index in [2.05, 4.69) is 26.8 Å². The van der Waals surface area contributed by atoms with E-state index in [0.29, 0.717) is 5.92 Å². The molecule has 0 radical (unpaired) electrons. The highest BCUT2D eigenvalue weighted by atomic mass is 35.5. The normalized spacial score (nSPS) is 18.6. The minimum absolute atomic E-state index is 0.254. The molecular formula is C18H29ClS. The smallest absolute Gasteiger partial charge is 0.0624 e. The molecule has 1 fully saturated rings. The maximum absolute atomic E-state index is 6.88. The fourth-order valence-corrected chi connectivity index (χ4v) is 5.48. The molecule has 20 heavy (non-hydrogen) atoms. The van der Waals surface area contributed by atoms with Gasteiger partial charge >= 0.3 is 0 Å². The minimum Gasteiger partial charge on any atom is -0.145 e. The number of thiophene rings is 1. The summed E-state index contributed by atoms with van der Waals surface area (Å²) in [6.07, 6.45) is 10.4. The van der Waals surface area contributed by atoms with Gasteiger partial charge < -0.3 is 0 Å². The van der Waals surface area contributed by atoms with Gasteiger partial charge in [-0.25, -0.2) is 0 Å². The maximum Gasteiger partial charge on any atom is 0.0624 e. The molecule has 1 aliphatic rings. The van der Waals surface area contributed by atoms with Crippen LogP contribution in [0, 0.1) is 5.92 Å². The molecule has 0 amide bonds. The summed E-state index contributed by atoms with van der Waals surface area (Å²) in [6.45, 7) is 6.88. The van der Waals surface area contributed by atoms with E-state index in [0.717, 1.165) is 12.3 Å². The molecule has 0 saturated heterocycles. The molecule has 0 N–H and O–H groups in total. The molecule has 1 aromatic heterocycles. The van der Waals surface area contributed by atoms with Crippen molar-refractivity contribution >= 4 is 22.9 Å². The highest BCUT2D eigenvalue weighted by Gasteiger charge is 2.27. The van der Waals surface area contributed by atoms with Crippen LogP contribution in [0.15, 0.2) is 6.07 Å². The molecule has 1 aliphatic carbocycles. The van der Waals surface area contributed by atoms with E-state index in [-0.39, 0.29) is 5.38 Å². The van der Waals surface area contributed by atoms with Crippen molar-refractivity contribution in [2.45, 2.75) is 83.4 Å². The van der Waals surface area contributed by atoms with Crippen LogP contribution in [0.3, 0.4) is 0 Å². The van der Waals surface area contributed by atoms with E-state index in [9.17, 15) is 0 Å². The number of hydrogen-bond acceptors (Lipinski definition) is 1. The van der Waals surface area contributed by atoms with E-state index < -0.39 is 0 Å². The molecule has 1 heterocycles. The largest absolute Gasteiger partial charge is 0.145 e. The Morgan fingerprint density at radius 1 is 1.15 bits per heavy atom. The monoisotopic (exact) mass is 312 g/mol. The van der Waals surface area contributed by atoms with E-state index in [1.165, 1.54) is 55.4 Å². The van der Waals surface area contributed by atoms with Gasteiger partial charge in [0.1, 0.15) is 0 Å². The quantitative estimate of drug-likeness (QED) is 0.492. The Balaban J connectivity index is 2.20. The molecule has 0 aliphatic heterocycles. The van der Waals surface area contributed by atoms with Crippen LogP contribution in [0.2, 0.25) is 0 Å². The predicted octanol–water partition coefficient (Wildman–Crippen LogP) is 7.07. The van der Waals surface area contributed by atoms with Gasteiger partial charge in [0.05, 0.1) is 5.38 Å². The summed E-state index contributed by atoms with van der Waals surface area (Å²) < 4.78 is 0. The Kier molecular flexibility index (Phi) is 6.42. The highest BCUT2D eigenvalue weighted by molar-refractivity contribution is 7.12. The molecule has 0 spiro atoms. The number of alkyl halides is 1. The molecule has 0 nitrogen and oxygen atoms in total. The van der Waals surface area contributed by atoms with Gasteiger partial charge in [-0.2, -0.15) is 0 Å². The van der Waals surface area contributed by atoms with Gasteiger partial charge in [0, 0.05) is 9.75 Å². The Morgan fingerprint density at radius 3 is 2.35 bits per heavy atom. The fraction of sp³-hybridized carbons (Fsp3) is 0.778. The molecule has 1 atom stereocenters. The van der Waals surface area contributed by atoms with Gasteiger partial charge in [0.2, 0.25) is 0 Å². The average molecular weight is 313 g/mol. The first-order valence-corrected chi connectivity index (χ1v) is 9.73. The lowest BCUT2D eigenvalue weighted by molar-refractivity contribution is 0.348. The third kappa shape index (κ3) is 3.60. The van der Waals surface area contributed by atoms with Crippen molar-refractivity contribution in [3.8, 4) is 0 Å². The molecule has 0 bridgehead atoms. The van der Waals surface area contributed by atoms with Crippen molar-refractivity contribution in [1.29, 1.82) is 0 Å². The second-order valence-electron chi connectivity index (χ2n) is 6.19. The number of rotatable bonds is 6. The minimum atomic E-state index is 0.254. The Bertz CT molecular complexity index is 400. The Hall–Kier alpha value is -0.0100. The lowest BCUT2D eigenvalue weighted by Gasteiger charge is -2.26. The van der Waals surface area contributed by atoms with Crippen LogP contribution < -0.4 is 0 Å². The summed E-state index contributed by atoms with van der Waals surface area (Å²) in [5.74, 6) is 1.44. The van der Waals surface area contributed by atoms with E-state index in [4.69, 9.17) is 11.6 Å². The van der Waals surface area contributed by atoms with Crippen molar-refractivity contribution in [3.05, 3.63) is 21.4 Å². The summed E-state index contributed by atoms with van der Waals surface area (Å²) >= 11 is 8.90. The van der Waals surface area contributed by atoms with Crippen LogP contribution in [-0.4, -0.2) is 0 Å². The summed E-state index contributed by atoms with van der Waals surface area (Å²) in [5, 5.41) is 0.254. The van der Waals surface area contributed by atoms with Gasteiger partial charge in [0.25, 0.3) is 0 Å². The molecule has 1 aromatic rings. The van der Waals surface area contributed by atoms with Gasteiger partial charge in [0.15, 0.2) is 0 Å². The third-order valence-electron chi connectivity index (χ3n) is 4.93. The molecule has 114 valence electrons. The van der Waals surface area contributed by atoms with Crippen LogP contribution in [0.1, 0.15) is 92.3 Å². The van der Waals surface area contributed by atoms with Crippen molar-refractivity contribution < 1.29 is 0 Å². The summed E-state index contributed by atoms with van der Waals surface area (Å²) in [6, 6.07) is 2.45. The zero-order valence-corrected chi connectivity index (χ0v) is 14.8. The lowest BCUT2D eigenvalue weighted by atomic mass is 9.84. The Morgan fingerprint density at radius 2 is 1.80 bits per heavy atom. The van der Waals surface area contributed by atoms with Gasteiger partial charge in [-0.3, -0.25) is 0 Å². The number of halogens is 1. The van der Waals surface area contributed by atoms with Gasteiger partial charge in [-0.15, -0.1) is 22.9 Å². The topological polar surface area (TPSA) is 0 Å². The van der Waals surface area contributed by atoms with Crippen molar-refractivity contribution in [3.63, 3.8) is 0 Å². The van der Waals surface area contributed by atoms with E-state index in [1.807, 2.05) is 11.3 Å². The number of aryl methyl sites for hydroxylation is 1. The number of hydrogen-bond donors (Lipinski definition) is 0. The first-order valence-electron chi connectivity index (χ1n) is 8.47. The zero-order chi connectivity index (χ0) is 14.5. The lowest BCUT2D eigenvalue weighted by Crippen LogP contribution is -2.12. The highest BCUT2D eigenvalue weighted by Crippen LogP contribution is 2.44. The molecular weight excluding hydrogens is 284 g/mol. The van der Waals surface area contributed by atoms with Crippen LogP contribution in [0.4, 0.5) is 0 Å². The summed E-state index contributed by atoms with van der Waals surface area (Å²) in [5.41, 5.74) is 1.47. The first-order chi connectivity index (χ1) is 9.71. The zero-order valence-electron chi connectivity index (χ0n) is 13.3. The summed E-state index contributed by atoms with van der Waals surface area (Å²) in [4.78, 5) is 3.11. The standard InChI is InChI=1S/C18H29ClS/c1-4-13(5-2)17-12-15(16(6-3)20-17)18(19)14-10-8-7-9-11-14/h12-14,18H,4-11H2,1-3H3. The second-order valence-corrected chi connectivity index (χ2v) is 7.83.